The van der Waals surface area contributed by atoms with Crippen molar-refractivity contribution < 1.29 is 17.9 Å². The summed E-state index contributed by atoms with van der Waals surface area (Å²) in [5.41, 5.74) is -0.248. The van der Waals surface area contributed by atoms with E-state index in [1.807, 2.05) is 0 Å². The minimum absolute atomic E-state index is 0.0360. The van der Waals surface area contributed by atoms with Gasteiger partial charge in [-0.1, -0.05) is 11.8 Å². The van der Waals surface area contributed by atoms with Crippen LogP contribution < -0.4 is 15.6 Å². The van der Waals surface area contributed by atoms with Gasteiger partial charge in [0.2, 0.25) is 10.0 Å². The summed E-state index contributed by atoms with van der Waals surface area (Å²) < 4.78 is 35.1. The minimum atomic E-state index is -3.71. The van der Waals surface area contributed by atoms with Crippen LogP contribution in [0.2, 0.25) is 0 Å². The SMILES string of the molecule is NS(=O)(=O)c1ccc(OCCSc2n[nH]c(=O)n2CC2CCCO2)cc1. The second kappa shape index (κ2) is 8.25. The van der Waals surface area contributed by atoms with Gasteiger partial charge in [0.1, 0.15) is 5.75 Å². The molecule has 3 N–H and O–H groups in total. The highest BCUT2D eigenvalue weighted by Gasteiger charge is 2.19. The molecule has 26 heavy (non-hydrogen) atoms. The first kappa shape index (κ1) is 19.0. The molecule has 11 heteroatoms. The number of aromatic amines is 1. The minimum Gasteiger partial charge on any atom is -0.493 e. The number of nitrogens with zero attached hydrogens (tertiary/aromatic N) is 2. The van der Waals surface area contributed by atoms with Crippen molar-refractivity contribution in [1.82, 2.24) is 14.8 Å². The van der Waals surface area contributed by atoms with Gasteiger partial charge in [-0.05, 0) is 37.1 Å². The van der Waals surface area contributed by atoms with E-state index in [2.05, 4.69) is 10.2 Å². The van der Waals surface area contributed by atoms with Gasteiger partial charge in [0.15, 0.2) is 5.16 Å². The molecular weight excluding hydrogens is 380 g/mol. The molecule has 2 heterocycles. The second-order valence-corrected chi connectivity index (χ2v) is 8.39. The smallest absolute Gasteiger partial charge is 0.344 e. The summed E-state index contributed by atoms with van der Waals surface area (Å²) in [6.07, 6.45) is 2.01. The Morgan fingerprint density at radius 1 is 1.38 bits per heavy atom. The van der Waals surface area contributed by atoms with Crippen LogP contribution in [0.1, 0.15) is 12.8 Å². The van der Waals surface area contributed by atoms with E-state index in [1.54, 1.807) is 16.7 Å². The van der Waals surface area contributed by atoms with E-state index < -0.39 is 10.0 Å². The zero-order chi connectivity index (χ0) is 18.6. The molecule has 1 aromatic heterocycles. The average molecular weight is 400 g/mol. The molecule has 1 saturated heterocycles. The molecule has 0 bridgehead atoms. The van der Waals surface area contributed by atoms with Crippen molar-refractivity contribution in [2.24, 2.45) is 5.14 Å². The van der Waals surface area contributed by atoms with Crippen molar-refractivity contribution >= 4 is 21.8 Å². The summed E-state index contributed by atoms with van der Waals surface area (Å²) in [7, 11) is -3.71. The van der Waals surface area contributed by atoms with Crippen LogP contribution in [0.4, 0.5) is 0 Å². The first-order valence-electron chi connectivity index (χ1n) is 8.09. The summed E-state index contributed by atoms with van der Waals surface area (Å²) in [5, 5.41) is 12.1. The van der Waals surface area contributed by atoms with E-state index in [9.17, 15) is 13.2 Å². The van der Waals surface area contributed by atoms with Crippen molar-refractivity contribution in [2.75, 3.05) is 19.0 Å². The zero-order valence-corrected chi connectivity index (χ0v) is 15.6. The Labute approximate surface area is 154 Å². The predicted octanol–water partition coefficient (Wildman–Crippen LogP) is 0.569. The van der Waals surface area contributed by atoms with Gasteiger partial charge in [-0.2, -0.15) is 0 Å². The summed E-state index contributed by atoms with van der Waals surface area (Å²) in [6.45, 7) is 1.60. The number of thioether (sulfide) groups is 1. The highest BCUT2D eigenvalue weighted by atomic mass is 32.2. The van der Waals surface area contributed by atoms with E-state index in [0.717, 1.165) is 19.4 Å². The van der Waals surface area contributed by atoms with Crippen molar-refractivity contribution in [3.05, 3.63) is 34.7 Å². The normalized spacial score (nSPS) is 17.5. The third-order valence-electron chi connectivity index (χ3n) is 3.87. The predicted molar refractivity (Wildman–Crippen MR) is 95.9 cm³/mol. The highest BCUT2D eigenvalue weighted by Crippen LogP contribution is 2.19. The number of nitrogens with two attached hydrogens (primary N) is 1. The fourth-order valence-corrected chi connectivity index (χ4v) is 3.87. The van der Waals surface area contributed by atoms with Gasteiger partial charge in [-0.3, -0.25) is 4.57 Å². The van der Waals surface area contributed by atoms with E-state index in [0.29, 0.717) is 29.8 Å². The molecule has 9 nitrogen and oxygen atoms in total. The molecule has 3 rings (SSSR count). The number of hydrogen-bond acceptors (Lipinski definition) is 7. The van der Waals surface area contributed by atoms with Gasteiger partial charge in [-0.25, -0.2) is 23.4 Å². The third kappa shape index (κ3) is 4.87. The molecule has 1 fully saturated rings. The van der Waals surface area contributed by atoms with Gasteiger partial charge >= 0.3 is 5.69 Å². The van der Waals surface area contributed by atoms with Crippen LogP contribution in [0.15, 0.2) is 39.1 Å². The molecule has 1 atom stereocenters. The molecule has 0 aliphatic carbocycles. The van der Waals surface area contributed by atoms with Crippen LogP contribution in [0.3, 0.4) is 0 Å². The quantitative estimate of drug-likeness (QED) is 0.489. The van der Waals surface area contributed by atoms with Gasteiger partial charge in [0, 0.05) is 12.4 Å². The molecule has 2 aromatic rings. The van der Waals surface area contributed by atoms with Crippen LogP contribution in [0.25, 0.3) is 0 Å². The summed E-state index contributed by atoms with van der Waals surface area (Å²) in [6, 6.07) is 5.88. The average Bonchev–Trinajstić information content (AvgIpc) is 3.23. The Bertz CT molecular complexity index is 886. The Kier molecular flexibility index (Phi) is 6.01. The maximum Gasteiger partial charge on any atom is 0.344 e. The molecule has 1 aromatic carbocycles. The first-order chi connectivity index (χ1) is 12.4. The Morgan fingerprint density at radius 3 is 2.81 bits per heavy atom. The van der Waals surface area contributed by atoms with E-state index in [1.165, 1.54) is 23.9 Å². The largest absolute Gasteiger partial charge is 0.493 e. The van der Waals surface area contributed by atoms with Crippen LogP contribution in [-0.2, 0) is 21.3 Å². The summed E-state index contributed by atoms with van der Waals surface area (Å²) in [4.78, 5) is 11.9. The summed E-state index contributed by atoms with van der Waals surface area (Å²) in [5.74, 6) is 1.11. The van der Waals surface area contributed by atoms with Crippen molar-refractivity contribution in [3.63, 3.8) is 0 Å². The Morgan fingerprint density at radius 2 is 2.15 bits per heavy atom. The van der Waals surface area contributed by atoms with E-state index in [4.69, 9.17) is 14.6 Å². The molecule has 1 aliphatic rings. The number of primary sulfonamides is 1. The zero-order valence-electron chi connectivity index (χ0n) is 14.0. The number of aromatic nitrogens is 3. The maximum absolute atomic E-state index is 11.9. The van der Waals surface area contributed by atoms with Gasteiger partial charge in [-0.15, -0.1) is 5.10 Å². The number of sulfonamides is 1. The standard InChI is InChI=1S/C15H20N4O5S2/c16-26(21,22)13-5-3-11(4-6-13)24-8-9-25-15-18-17-14(20)19(15)10-12-2-1-7-23-12/h3-6,12H,1-2,7-10H2,(H,17,20)(H2,16,21,22). The van der Waals surface area contributed by atoms with Crippen molar-refractivity contribution in [3.8, 4) is 5.75 Å². The monoisotopic (exact) mass is 400 g/mol. The van der Waals surface area contributed by atoms with Crippen LogP contribution >= 0.6 is 11.8 Å². The van der Waals surface area contributed by atoms with E-state index >= 15 is 0 Å². The van der Waals surface area contributed by atoms with Gasteiger partial charge in [0.05, 0.1) is 24.2 Å². The van der Waals surface area contributed by atoms with Gasteiger partial charge in [0.25, 0.3) is 0 Å². The lowest BCUT2D eigenvalue weighted by molar-refractivity contribution is 0.0941. The lowest BCUT2D eigenvalue weighted by Gasteiger charge is -2.11. The van der Waals surface area contributed by atoms with Crippen molar-refractivity contribution in [2.45, 2.75) is 35.5 Å². The fourth-order valence-electron chi connectivity index (χ4n) is 2.58. The molecule has 1 aliphatic heterocycles. The summed E-state index contributed by atoms with van der Waals surface area (Å²) >= 11 is 1.40. The molecular formula is C15H20N4O5S2. The van der Waals surface area contributed by atoms with Crippen LogP contribution in [0, 0.1) is 0 Å². The molecule has 0 amide bonds. The maximum atomic E-state index is 11.9. The number of benzene rings is 1. The fraction of sp³-hybridized carbons (Fsp3) is 0.467. The molecule has 0 radical (unpaired) electrons. The molecule has 0 saturated carbocycles. The van der Waals surface area contributed by atoms with Crippen molar-refractivity contribution in [1.29, 1.82) is 0 Å². The van der Waals surface area contributed by atoms with E-state index in [-0.39, 0.29) is 16.7 Å². The topological polar surface area (TPSA) is 129 Å². The second-order valence-electron chi connectivity index (χ2n) is 5.77. The first-order valence-corrected chi connectivity index (χ1v) is 10.6. The number of hydrogen-bond donors (Lipinski definition) is 2. The Balaban J connectivity index is 1.50. The van der Waals surface area contributed by atoms with Crippen LogP contribution in [-0.4, -0.2) is 48.3 Å². The van der Waals surface area contributed by atoms with Crippen LogP contribution in [0.5, 0.6) is 5.75 Å². The molecule has 1 unspecified atom stereocenters. The number of nitrogens with one attached hydrogen (secondary N) is 1. The number of H-pyrrole nitrogens is 1. The highest BCUT2D eigenvalue weighted by molar-refractivity contribution is 7.99. The van der Waals surface area contributed by atoms with Gasteiger partial charge < -0.3 is 9.47 Å². The third-order valence-corrected chi connectivity index (χ3v) is 5.74. The molecule has 142 valence electrons. The number of rotatable bonds is 8. The number of ether oxygens (including phenoxy) is 2. The Hall–Kier alpha value is -1.82. The lowest BCUT2D eigenvalue weighted by atomic mass is 10.2. The lowest BCUT2D eigenvalue weighted by Crippen LogP contribution is -2.25. The molecule has 0 spiro atoms.